The molecule has 0 heteroatoms. The Balaban J connectivity index is 2.32. The number of hydrogen-bond donors (Lipinski definition) is 0. The molecular weight excluding hydrogens is 204 g/mol. The van der Waals surface area contributed by atoms with Gasteiger partial charge in [-0.05, 0) is 37.0 Å². The maximum atomic E-state index is 2.25. The summed E-state index contributed by atoms with van der Waals surface area (Å²) in [6, 6.07) is 15.7. The molecule has 0 nitrogen and oxygen atoms in total. The number of rotatable bonds is 3. The van der Waals surface area contributed by atoms with Crippen molar-refractivity contribution in [2.24, 2.45) is 0 Å². The summed E-state index contributed by atoms with van der Waals surface area (Å²) in [5, 5.41) is 0. The van der Waals surface area contributed by atoms with Crippen molar-refractivity contribution in [3.8, 4) is 11.1 Å². The topological polar surface area (TPSA) is 0 Å². The van der Waals surface area contributed by atoms with Crippen LogP contribution in [0.3, 0.4) is 0 Å². The zero-order chi connectivity index (χ0) is 12.3. The second-order valence-corrected chi connectivity index (χ2v) is 4.82. The van der Waals surface area contributed by atoms with Crippen LogP contribution >= 0.6 is 0 Å². The van der Waals surface area contributed by atoms with Crippen LogP contribution in [0.15, 0.2) is 42.5 Å². The van der Waals surface area contributed by atoms with Crippen molar-refractivity contribution in [2.75, 3.05) is 0 Å². The maximum Gasteiger partial charge on any atom is -0.0179 e. The van der Waals surface area contributed by atoms with Gasteiger partial charge in [0.05, 0.1) is 0 Å². The van der Waals surface area contributed by atoms with E-state index in [1.165, 1.54) is 40.7 Å². The second-order valence-electron chi connectivity index (χ2n) is 4.82. The van der Waals surface area contributed by atoms with E-state index in [1.807, 2.05) is 0 Å². The highest BCUT2D eigenvalue weighted by atomic mass is 14.0. The predicted octanol–water partition coefficient (Wildman–Crippen LogP) is 4.92. The van der Waals surface area contributed by atoms with Gasteiger partial charge >= 0.3 is 0 Å². The molecule has 0 amide bonds. The van der Waals surface area contributed by atoms with Gasteiger partial charge in [-0.1, -0.05) is 66.9 Å². The van der Waals surface area contributed by atoms with Crippen LogP contribution in [0.25, 0.3) is 11.1 Å². The summed E-state index contributed by atoms with van der Waals surface area (Å²) < 4.78 is 0. The number of benzene rings is 2. The Bertz CT molecular complexity index is 472. The first kappa shape index (κ1) is 11.9. The molecule has 0 fully saturated rings. The third-order valence-corrected chi connectivity index (χ3v) is 3.05. The molecule has 88 valence electrons. The fraction of sp³-hybridized carbons (Fsp3) is 0.294. The first-order chi connectivity index (χ1) is 8.19. The Kier molecular flexibility index (Phi) is 3.63. The highest BCUT2D eigenvalue weighted by Crippen LogP contribution is 2.22. The van der Waals surface area contributed by atoms with Crippen LogP contribution in [0.1, 0.15) is 30.0 Å². The van der Waals surface area contributed by atoms with Crippen LogP contribution in [0.4, 0.5) is 0 Å². The van der Waals surface area contributed by atoms with E-state index < -0.39 is 0 Å². The van der Waals surface area contributed by atoms with Crippen molar-refractivity contribution >= 4 is 0 Å². The molecule has 0 aromatic heterocycles. The number of hydrogen-bond acceptors (Lipinski definition) is 0. The summed E-state index contributed by atoms with van der Waals surface area (Å²) in [6.07, 6.45) is 2.38. The van der Waals surface area contributed by atoms with E-state index in [0.717, 1.165) is 0 Å². The molecule has 0 bridgehead atoms. The normalized spacial score (nSPS) is 10.5. The van der Waals surface area contributed by atoms with Crippen LogP contribution in [0.2, 0.25) is 0 Å². The molecule has 0 aliphatic rings. The largest absolute Gasteiger partial charge is 0.0651 e. The Morgan fingerprint density at radius 3 is 1.88 bits per heavy atom. The molecule has 0 N–H and O–H groups in total. The fourth-order valence-electron chi connectivity index (χ4n) is 2.29. The monoisotopic (exact) mass is 224 g/mol. The number of aryl methyl sites for hydroxylation is 3. The molecular formula is C17H20. The summed E-state index contributed by atoms with van der Waals surface area (Å²) in [6.45, 7) is 6.53. The van der Waals surface area contributed by atoms with Gasteiger partial charge in [0.15, 0.2) is 0 Å². The molecule has 2 rings (SSSR count). The molecule has 0 atom stereocenters. The van der Waals surface area contributed by atoms with E-state index in [4.69, 9.17) is 0 Å². The third kappa shape index (κ3) is 2.97. The molecule has 2 aromatic rings. The van der Waals surface area contributed by atoms with Crippen LogP contribution < -0.4 is 0 Å². The first-order valence-corrected chi connectivity index (χ1v) is 6.36. The maximum absolute atomic E-state index is 2.25. The second kappa shape index (κ2) is 5.18. The molecule has 0 aliphatic carbocycles. The lowest BCUT2D eigenvalue weighted by atomic mass is 9.99. The molecule has 0 unspecified atom stereocenters. The Morgan fingerprint density at radius 1 is 0.765 bits per heavy atom. The zero-order valence-corrected chi connectivity index (χ0v) is 11.0. The van der Waals surface area contributed by atoms with Gasteiger partial charge in [-0.25, -0.2) is 0 Å². The Hall–Kier alpha value is -1.56. The van der Waals surface area contributed by atoms with Crippen LogP contribution in [-0.4, -0.2) is 0 Å². The summed E-state index contributed by atoms with van der Waals surface area (Å²) in [4.78, 5) is 0. The molecule has 0 heterocycles. The van der Waals surface area contributed by atoms with E-state index in [2.05, 4.69) is 63.2 Å². The van der Waals surface area contributed by atoms with Crippen LogP contribution in [-0.2, 0) is 6.42 Å². The van der Waals surface area contributed by atoms with Crippen LogP contribution in [0, 0.1) is 13.8 Å². The average molecular weight is 224 g/mol. The van der Waals surface area contributed by atoms with Crippen molar-refractivity contribution in [3.05, 3.63) is 59.2 Å². The van der Waals surface area contributed by atoms with Gasteiger partial charge in [0.25, 0.3) is 0 Å². The highest BCUT2D eigenvalue weighted by molar-refractivity contribution is 5.65. The standard InChI is InChI=1S/C17H20/c1-4-5-15-6-8-16(9-7-15)17-11-13(2)10-14(3)12-17/h6-12H,4-5H2,1-3H3. The molecule has 2 aromatic carbocycles. The molecule has 0 saturated heterocycles. The van der Waals surface area contributed by atoms with Crippen LogP contribution in [0.5, 0.6) is 0 Å². The van der Waals surface area contributed by atoms with E-state index in [-0.39, 0.29) is 0 Å². The minimum Gasteiger partial charge on any atom is -0.0651 e. The molecule has 17 heavy (non-hydrogen) atoms. The van der Waals surface area contributed by atoms with Crippen molar-refractivity contribution in [1.82, 2.24) is 0 Å². The zero-order valence-electron chi connectivity index (χ0n) is 11.0. The smallest absolute Gasteiger partial charge is 0.0179 e. The quantitative estimate of drug-likeness (QED) is 0.694. The van der Waals surface area contributed by atoms with Gasteiger partial charge in [-0.3, -0.25) is 0 Å². The van der Waals surface area contributed by atoms with Gasteiger partial charge in [-0.2, -0.15) is 0 Å². The van der Waals surface area contributed by atoms with E-state index >= 15 is 0 Å². The lowest BCUT2D eigenvalue weighted by Gasteiger charge is -2.06. The first-order valence-electron chi connectivity index (χ1n) is 6.36. The van der Waals surface area contributed by atoms with Gasteiger partial charge < -0.3 is 0 Å². The highest BCUT2D eigenvalue weighted by Gasteiger charge is 2.00. The molecule has 0 radical (unpaired) electrons. The summed E-state index contributed by atoms with van der Waals surface area (Å²) in [5.41, 5.74) is 6.73. The summed E-state index contributed by atoms with van der Waals surface area (Å²) in [5.74, 6) is 0. The molecule has 0 saturated carbocycles. The van der Waals surface area contributed by atoms with Crippen molar-refractivity contribution in [2.45, 2.75) is 33.6 Å². The van der Waals surface area contributed by atoms with Gasteiger partial charge in [-0.15, -0.1) is 0 Å². The minimum atomic E-state index is 1.17. The average Bonchev–Trinajstić information content (AvgIpc) is 2.29. The van der Waals surface area contributed by atoms with E-state index in [0.29, 0.717) is 0 Å². The summed E-state index contributed by atoms with van der Waals surface area (Å²) >= 11 is 0. The molecule has 0 spiro atoms. The van der Waals surface area contributed by atoms with Gasteiger partial charge in [0, 0.05) is 0 Å². The lowest BCUT2D eigenvalue weighted by molar-refractivity contribution is 0.922. The summed E-state index contributed by atoms with van der Waals surface area (Å²) in [7, 11) is 0. The van der Waals surface area contributed by atoms with Crippen molar-refractivity contribution < 1.29 is 0 Å². The van der Waals surface area contributed by atoms with Crippen molar-refractivity contribution in [1.29, 1.82) is 0 Å². The lowest BCUT2D eigenvalue weighted by Crippen LogP contribution is -1.85. The van der Waals surface area contributed by atoms with Gasteiger partial charge in [0.1, 0.15) is 0 Å². The SMILES string of the molecule is CCCc1ccc(-c2cc(C)cc(C)c2)cc1. The molecule has 0 aliphatic heterocycles. The predicted molar refractivity (Wildman–Crippen MR) is 75.3 cm³/mol. The Labute approximate surface area is 104 Å². The Morgan fingerprint density at radius 2 is 1.35 bits per heavy atom. The van der Waals surface area contributed by atoms with E-state index in [9.17, 15) is 0 Å². The van der Waals surface area contributed by atoms with E-state index in [1.54, 1.807) is 0 Å². The van der Waals surface area contributed by atoms with Gasteiger partial charge in [0.2, 0.25) is 0 Å². The van der Waals surface area contributed by atoms with Crippen molar-refractivity contribution in [3.63, 3.8) is 0 Å². The fourth-order valence-corrected chi connectivity index (χ4v) is 2.29. The third-order valence-electron chi connectivity index (χ3n) is 3.05. The minimum absolute atomic E-state index is 1.17.